The van der Waals surface area contributed by atoms with Gasteiger partial charge in [0.25, 0.3) is 0 Å². The Balaban J connectivity index is 2.13. The number of rotatable bonds is 2. The van der Waals surface area contributed by atoms with E-state index < -0.39 is 0 Å². The summed E-state index contributed by atoms with van der Waals surface area (Å²) in [7, 11) is 0. The van der Waals surface area contributed by atoms with Crippen LogP contribution in [-0.4, -0.2) is 15.0 Å². The third-order valence-corrected chi connectivity index (χ3v) is 4.64. The fourth-order valence-corrected chi connectivity index (χ4v) is 3.20. The second-order valence-corrected chi connectivity index (χ2v) is 9.24. The van der Waals surface area contributed by atoms with Crippen molar-refractivity contribution in [1.29, 1.82) is 0 Å². The molecule has 0 N–H and O–H groups in total. The van der Waals surface area contributed by atoms with Gasteiger partial charge < -0.3 is 0 Å². The number of fused-ring (bicyclic) bond motifs is 1. The fraction of sp³-hybridized carbons (Fsp3) is 0.435. The average Bonchev–Trinajstić information content (AvgIpc) is 2.52. The van der Waals surface area contributed by atoms with Gasteiger partial charge in [0.2, 0.25) is 0 Å². The predicted octanol–water partition coefficient (Wildman–Crippen LogP) is 5.52. The maximum Gasteiger partial charge on any atom is 0.0708 e. The molecule has 0 unspecified atom stereocenters. The summed E-state index contributed by atoms with van der Waals surface area (Å²) in [6.07, 6.45) is 4.43. The zero-order valence-electron chi connectivity index (χ0n) is 17.0. The molecule has 0 saturated carbocycles. The molecule has 3 aromatic rings. The van der Waals surface area contributed by atoms with Gasteiger partial charge >= 0.3 is 0 Å². The van der Waals surface area contributed by atoms with E-state index >= 15 is 0 Å². The molecule has 0 aliphatic rings. The molecule has 3 rings (SSSR count). The molecule has 0 fully saturated rings. The molecule has 3 heteroatoms. The van der Waals surface area contributed by atoms with Crippen molar-refractivity contribution in [3.05, 3.63) is 64.9 Å². The second kappa shape index (κ2) is 6.46. The van der Waals surface area contributed by atoms with Crippen LogP contribution in [0, 0.1) is 6.92 Å². The van der Waals surface area contributed by atoms with Crippen LogP contribution in [0.5, 0.6) is 0 Å². The molecule has 1 aromatic carbocycles. The Kier molecular flexibility index (Phi) is 4.60. The Hall–Kier alpha value is -2.29. The van der Waals surface area contributed by atoms with Gasteiger partial charge in [-0.1, -0.05) is 47.6 Å². The van der Waals surface area contributed by atoms with E-state index in [-0.39, 0.29) is 10.8 Å². The van der Waals surface area contributed by atoms with E-state index in [4.69, 9.17) is 4.98 Å². The molecular formula is C23H29N3. The largest absolute Gasteiger partial charge is 0.261 e. The molecule has 2 heterocycles. The van der Waals surface area contributed by atoms with Gasteiger partial charge in [-0.15, -0.1) is 0 Å². The summed E-state index contributed by atoms with van der Waals surface area (Å²) in [5, 5.41) is 1.24. The van der Waals surface area contributed by atoms with Crippen LogP contribution in [0.3, 0.4) is 0 Å². The first kappa shape index (κ1) is 18.5. The molecule has 0 amide bonds. The van der Waals surface area contributed by atoms with E-state index in [0.717, 1.165) is 29.0 Å². The highest BCUT2D eigenvalue weighted by Crippen LogP contribution is 2.34. The van der Waals surface area contributed by atoms with E-state index in [1.54, 1.807) is 6.20 Å². The summed E-state index contributed by atoms with van der Waals surface area (Å²) in [5.41, 5.74) is 6.86. The van der Waals surface area contributed by atoms with E-state index in [2.05, 4.69) is 75.8 Å². The van der Waals surface area contributed by atoms with Gasteiger partial charge in [-0.2, -0.15) is 0 Å². The number of aromatic nitrogens is 3. The molecule has 0 radical (unpaired) electrons. The van der Waals surface area contributed by atoms with Crippen LogP contribution in [0.1, 0.15) is 69.8 Å². The Morgan fingerprint density at radius 1 is 0.846 bits per heavy atom. The van der Waals surface area contributed by atoms with Crippen LogP contribution in [0.4, 0.5) is 0 Å². The summed E-state index contributed by atoms with van der Waals surface area (Å²) in [5.74, 6) is 0. The molecule has 0 saturated heterocycles. The second-order valence-electron chi connectivity index (χ2n) is 9.24. The minimum atomic E-state index is 0.0318. The summed E-state index contributed by atoms with van der Waals surface area (Å²) in [4.78, 5) is 13.8. The smallest absolute Gasteiger partial charge is 0.0708 e. The lowest BCUT2D eigenvalue weighted by Crippen LogP contribution is -2.18. The van der Waals surface area contributed by atoms with Crippen LogP contribution in [-0.2, 0) is 17.3 Å². The van der Waals surface area contributed by atoms with Gasteiger partial charge in [0.15, 0.2) is 0 Å². The van der Waals surface area contributed by atoms with Crippen LogP contribution < -0.4 is 0 Å². The van der Waals surface area contributed by atoms with Crippen molar-refractivity contribution >= 4 is 10.9 Å². The van der Waals surface area contributed by atoms with E-state index in [0.29, 0.717) is 0 Å². The minimum absolute atomic E-state index is 0.0318. The van der Waals surface area contributed by atoms with Crippen molar-refractivity contribution in [2.75, 3.05) is 0 Å². The van der Waals surface area contributed by atoms with Crippen LogP contribution in [0.2, 0.25) is 0 Å². The first-order chi connectivity index (χ1) is 12.0. The van der Waals surface area contributed by atoms with Gasteiger partial charge in [0.1, 0.15) is 0 Å². The van der Waals surface area contributed by atoms with Crippen molar-refractivity contribution in [2.24, 2.45) is 0 Å². The number of nitrogens with zero attached hydrogens (tertiary/aromatic N) is 3. The minimum Gasteiger partial charge on any atom is -0.261 e. The van der Waals surface area contributed by atoms with Crippen LogP contribution in [0.25, 0.3) is 10.9 Å². The predicted molar refractivity (Wildman–Crippen MR) is 109 cm³/mol. The van der Waals surface area contributed by atoms with E-state index in [1.807, 2.05) is 13.1 Å². The number of aryl methyl sites for hydroxylation is 1. The molecule has 2 aromatic heterocycles. The molecule has 136 valence electrons. The van der Waals surface area contributed by atoms with Crippen molar-refractivity contribution in [1.82, 2.24) is 15.0 Å². The molecule has 0 bridgehead atoms. The average molecular weight is 348 g/mol. The lowest BCUT2D eigenvalue weighted by atomic mass is 9.81. The monoisotopic (exact) mass is 347 g/mol. The molecular weight excluding hydrogens is 318 g/mol. The van der Waals surface area contributed by atoms with Crippen molar-refractivity contribution < 1.29 is 0 Å². The number of benzene rings is 1. The Morgan fingerprint density at radius 2 is 1.58 bits per heavy atom. The third kappa shape index (κ3) is 3.92. The zero-order chi connectivity index (χ0) is 19.1. The SMILES string of the molecule is Cc1cncc(Cc2ccc3nc(C(C)(C)C)cc(C(C)(C)C)c3c2)n1. The fourth-order valence-electron chi connectivity index (χ4n) is 3.20. The van der Waals surface area contributed by atoms with Crippen molar-refractivity contribution in [3.8, 4) is 0 Å². The van der Waals surface area contributed by atoms with Gasteiger partial charge in [-0.25, -0.2) is 0 Å². The normalized spacial score (nSPS) is 12.6. The maximum absolute atomic E-state index is 4.95. The standard InChI is InChI=1S/C23H29N3/c1-15-13-24-14-17(25-15)10-16-8-9-20-18(11-16)19(22(2,3)4)12-21(26-20)23(5,6)7/h8-9,11-14H,10H2,1-7H3. The molecule has 0 spiro atoms. The van der Waals surface area contributed by atoms with E-state index in [9.17, 15) is 0 Å². The van der Waals surface area contributed by atoms with Gasteiger partial charge in [-0.3, -0.25) is 15.0 Å². The molecule has 0 aliphatic heterocycles. The maximum atomic E-state index is 4.95. The Labute approximate surface area is 156 Å². The Morgan fingerprint density at radius 3 is 2.19 bits per heavy atom. The molecule has 26 heavy (non-hydrogen) atoms. The highest BCUT2D eigenvalue weighted by atomic mass is 14.8. The van der Waals surface area contributed by atoms with Crippen LogP contribution >= 0.6 is 0 Å². The highest BCUT2D eigenvalue weighted by molar-refractivity contribution is 5.84. The lowest BCUT2D eigenvalue weighted by molar-refractivity contribution is 0.558. The molecule has 0 atom stereocenters. The highest BCUT2D eigenvalue weighted by Gasteiger charge is 2.23. The summed E-state index contributed by atoms with van der Waals surface area (Å²) in [6, 6.07) is 8.88. The third-order valence-electron chi connectivity index (χ3n) is 4.64. The van der Waals surface area contributed by atoms with Gasteiger partial charge in [0.05, 0.1) is 16.9 Å². The summed E-state index contributed by atoms with van der Waals surface area (Å²) < 4.78 is 0. The quantitative estimate of drug-likeness (QED) is 0.613. The summed E-state index contributed by atoms with van der Waals surface area (Å²) >= 11 is 0. The van der Waals surface area contributed by atoms with E-state index in [1.165, 1.54) is 16.5 Å². The molecule has 3 nitrogen and oxygen atoms in total. The first-order valence-corrected chi connectivity index (χ1v) is 9.26. The molecule has 0 aliphatic carbocycles. The number of hydrogen-bond donors (Lipinski definition) is 0. The summed E-state index contributed by atoms with van der Waals surface area (Å²) in [6.45, 7) is 15.5. The first-order valence-electron chi connectivity index (χ1n) is 9.26. The number of hydrogen-bond acceptors (Lipinski definition) is 3. The van der Waals surface area contributed by atoms with Crippen molar-refractivity contribution in [2.45, 2.75) is 65.7 Å². The Bertz CT molecular complexity index is 944. The topological polar surface area (TPSA) is 38.7 Å². The number of pyridine rings is 1. The van der Waals surface area contributed by atoms with Crippen molar-refractivity contribution in [3.63, 3.8) is 0 Å². The lowest BCUT2D eigenvalue weighted by Gasteiger charge is -2.26. The van der Waals surface area contributed by atoms with Gasteiger partial charge in [0, 0.05) is 35.3 Å². The van der Waals surface area contributed by atoms with Crippen LogP contribution in [0.15, 0.2) is 36.7 Å². The zero-order valence-corrected chi connectivity index (χ0v) is 17.0. The van der Waals surface area contributed by atoms with Gasteiger partial charge in [-0.05, 0) is 41.7 Å².